The predicted molar refractivity (Wildman–Crippen MR) is 67.9 cm³/mol. The van der Waals surface area contributed by atoms with Crippen LogP contribution < -0.4 is 5.32 Å². The highest BCUT2D eigenvalue weighted by Gasteiger charge is 2.26. The fraction of sp³-hybridized carbons (Fsp3) is 0.800. The Bertz CT molecular complexity index is 313. The first kappa shape index (κ1) is 11.2. The zero-order valence-electron chi connectivity index (χ0n) is 9.19. The molecule has 0 bridgehead atoms. The van der Waals surface area contributed by atoms with E-state index >= 15 is 0 Å². The number of rotatable bonds is 4. The van der Waals surface area contributed by atoms with E-state index < -0.39 is 0 Å². The van der Waals surface area contributed by atoms with Gasteiger partial charge in [0.05, 0.1) is 0 Å². The number of nitrogens with zero attached hydrogens (tertiary/aromatic N) is 2. The monoisotopic (exact) mass is 243 g/mol. The van der Waals surface area contributed by atoms with Gasteiger partial charge in [-0.3, -0.25) is 0 Å². The molecule has 0 amide bonds. The average molecular weight is 243 g/mol. The molecule has 2 atom stereocenters. The van der Waals surface area contributed by atoms with E-state index in [4.69, 9.17) is 0 Å². The van der Waals surface area contributed by atoms with Crippen molar-refractivity contribution in [1.29, 1.82) is 0 Å². The van der Waals surface area contributed by atoms with Crippen molar-refractivity contribution < 1.29 is 0 Å². The molecular weight excluding hydrogens is 226 g/mol. The fourth-order valence-electron chi connectivity index (χ4n) is 1.99. The molecule has 2 rings (SSSR count). The van der Waals surface area contributed by atoms with Crippen LogP contribution in [0, 0.1) is 0 Å². The number of nitrogens with one attached hydrogen (secondary N) is 1. The molecule has 2 unspecified atom stereocenters. The van der Waals surface area contributed by atoms with Gasteiger partial charge < -0.3 is 5.32 Å². The number of anilines is 1. The van der Waals surface area contributed by atoms with Crippen molar-refractivity contribution >= 4 is 28.4 Å². The molecule has 0 saturated heterocycles. The van der Waals surface area contributed by atoms with Crippen LogP contribution in [-0.4, -0.2) is 26.9 Å². The van der Waals surface area contributed by atoms with E-state index in [2.05, 4.69) is 27.9 Å². The standard InChI is InChI=1S/C10H17N3S2/c1-3-9-12-10(15-13-9)11-7-5-4-6-8(7)14-2/h7-8H,3-6H2,1-2H3,(H,11,12,13). The molecule has 3 nitrogen and oxygen atoms in total. The minimum absolute atomic E-state index is 0.595. The number of hydrogen-bond acceptors (Lipinski definition) is 5. The number of aryl methyl sites for hydroxylation is 1. The summed E-state index contributed by atoms with van der Waals surface area (Å²) in [5.41, 5.74) is 0. The molecule has 0 spiro atoms. The van der Waals surface area contributed by atoms with Gasteiger partial charge in [0.15, 0.2) is 0 Å². The lowest BCUT2D eigenvalue weighted by molar-refractivity contribution is 0.766. The summed E-state index contributed by atoms with van der Waals surface area (Å²) in [6.45, 7) is 2.09. The van der Waals surface area contributed by atoms with Crippen LogP contribution in [0.5, 0.6) is 0 Å². The van der Waals surface area contributed by atoms with E-state index in [0.29, 0.717) is 6.04 Å². The minimum Gasteiger partial charge on any atom is -0.356 e. The van der Waals surface area contributed by atoms with Crippen molar-refractivity contribution in [2.45, 2.75) is 43.9 Å². The topological polar surface area (TPSA) is 37.8 Å². The van der Waals surface area contributed by atoms with Crippen molar-refractivity contribution in [1.82, 2.24) is 9.36 Å². The third kappa shape index (κ3) is 2.64. The number of hydrogen-bond donors (Lipinski definition) is 1. The fourth-order valence-corrected chi connectivity index (χ4v) is 3.64. The van der Waals surface area contributed by atoms with Crippen molar-refractivity contribution in [2.75, 3.05) is 11.6 Å². The first-order valence-corrected chi connectivity index (χ1v) is 7.51. The Labute approximate surface area is 99.2 Å². The molecular formula is C10H17N3S2. The lowest BCUT2D eigenvalue weighted by atomic mass is 10.2. The molecule has 0 radical (unpaired) electrons. The quantitative estimate of drug-likeness (QED) is 0.882. The molecule has 1 aromatic rings. The van der Waals surface area contributed by atoms with Crippen molar-refractivity contribution in [3.05, 3.63) is 5.82 Å². The minimum atomic E-state index is 0.595. The summed E-state index contributed by atoms with van der Waals surface area (Å²) >= 11 is 3.46. The third-order valence-electron chi connectivity index (χ3n) is 2.85. The zero-order valence-corrected chi connectivity index (χ0v) is 10.8. The Morgan fingerprint density at radius 3 is 3.07 bits per heavy atom. The Morgan fingerprint density at radius 1 is 1.53 bits per heavy atom. The van der Waals surface area contributed by atoms with Gasteiger partial charge in [0.25, 0.3) is 0 Å². The summed E-state index contributed by atoms with van der Waals surface area (Å²) in [4.78, 5) is 4.45. The summed E-state index contributed by atoms with van der Waals surface area (Å²) in [6, 6.07) is 0.595. The van der Waals surface area contributed by atoms with Crippen LogP contribution in [0.4, 0.5) is 5.13 Å². The van der Waals surface area contributed by atoms with Gasteiger partial charge in [-0.05, 0) is 19.1 Å². The second-order valence-corrected chi connectivity index (χ2v) is 5.65. The Hall–Kier alpha value is -0.290. The molecule has 1 heterocycles. The molecule has 1 aliphatic carbocycles. The number of aromatic nitrogens is 2. The zero-order chi connectivity index (χ0) is 10.7. The van der Waals surface area contributed by atoms with Gasteiger partial charge in [0.2, 0.25) is 5.13 Å². The second kappa shape index (κ2) is 5.16. The first-order chi connectivity index (χ1) is 7.33. The van der Waals surface area contributed by atoms with Crippen LogP contribution in [-0.2, 0) is 6.42 Å². The highest BCUT2D eigenvalue weighted by atomic mass is 32.2. The summed E-state index contributed by atoms with van der Waals surface area (Å²) < 4.78 is 4.29. The second-order valence-electron chi connectivity index (χ2n) is 3.83. The molecule has 1 saturated carbocycles. The third-order valence-corrected chi connectivity index (χ3v) is 4.70. The SMILES string of the molecule is CCc1nsc(NC2CCCC2SC)n1. The number of thioether (sulfide) groups is 1. The van der Waals surface area contributed by atoms with Crippen molar-refractivity contribution in [2.24, 2.45) is 0 Å². The molecule has 1 aromatic heterocycles. The van der Waals surface area contributed by atoms with E-state index in [9.17, 15) is 0 Å². The van der Waals surface area contributed by atoms with E-state index in [1.54, 1.807) is 0 Å². The van der Waals surface area contributed by atoms with Crippen LogP contribution >= 0.6 is 23.3 Å². The lowest BCUT2D eigenvalue weighted by Crippen LogP contribution is -2.25. The van der Waals surface area contributed by atoms with Gasteiger partial charge in [-0.15, -0.1) is 0 Å². The molecule has 1 N–H and O–H groups in total. The maximum Gasteiger partial charge on any atom is 0.202 e. The largest absolute Gasteiger partial charge is 0.356 e. The average Bonchev–Trinajstić information content (AvgIpc) is 2.87. The maximum absolute atomic E-state index is 4.45. The lowest BCUT2D eigenvalue weighted by Gasteiger charge is -2.17. The summed E-state index contributed by atoms with van der Waals surface area (Å²) in [7, 11) is 0. The molecule has 84 valence electrons. The highest BCUT2D eigenvalue weighted by Crippen LogP contribution is 2.31. The molecule has 1 fully saturated rings. The Morgan fingerprint density at radius 2 is 2.40 bits per heavy atom. The van der Waals surface area contributed by atoms with Gasteiger partial charge >= 0.3 is 0 Å². The van der Waals surface area contributed by atoms with E-state index in [1.807, 2.05) is 11.8 Å². The van der Waals surface area contributed by atoms with E-state index in [0.717, 1.165) is 22.6 Å². The van der Waals surface area contributed by atoms with Crippen molar-refractivity contribution in [3.63, 3.8) is 0 Å². The van der Waals surface area contributed by atoms with Crippen LogP contribution in [0.3, 0.4) is 0 Å². The molecule has 15 heavy (non-hydrogen) atoms. The summed E-state index contributed by atoms with van der Waals surface area (Å²) in [5.74, 6) is 0.959. The van der Waals surface area contributed by atoms with Crippen LogP contribution in [0.15, 0.2) is 0 Å². The van der Waals surface area contributed by atoms with Gasteiger partial charge in [0.1, 0.15) is 5.82 Å². The summed E-state index contributed by atoms with van der Waals surface area (Å²) in [5, 5.41) is 5.27. The predicted octanol–water partition coefficient (Wildman–Crippen LogP) is 2.80. The smallest absolute Gasteiger partial charge is 0.202 e. The molecule has 1 aliphatic rings. The van der Waals surface area contributed by atoms with E-state index in [-0.39, 0.29) is 0 Å². The van der Waals surface area contributed by atoms with Crippen LogP contribution in [0.25, 0.3) is 0 Å². The molecule has 0 aromatic carbocycles. The maximum atomic E-state index is 4.45. The first-order valence-electron chi connectivity index (χ1n) is 5.45. The van der Waals surface area contributed by atoms with Crippen LogP contribution in [0.2, 0.25) is 0 Å². The molecule has 5 heteroatoms. The van der Waals surface area contributed by atoms with Gasteiger partial charge in [-0.25, -0.2) is 4.98 Å². The van der Waals surface area contributed by atoms with Crippen LogP contribution in [0.1, 0.15) is 32.0 Å². The van der Waals surface area contributed by atoms with Gasteiger partial charge in [0, 0.05) is 29.2 Å². The van der Waals surface area contributed by atoms with Crippen molar-refractivity contribution in [3.8, 4) is 0 Å². The normalized spacial score (nSPS) is 25.7. The summed E-state index contributed by atoms with van der Waals surface area (Å²) in [6.07, 6.45) is 7.06. The highest BCUT2D eigenvalue weighted by molar-refractivity contribution is 7.99. The van der Waals surface area contributed by atoms with E-state index in [1.165, 1.54) is 30.8 Å². The Kier molecular flexibility index (Phi) is 3.86. The Balaban J connectivity index is 1.95. The molecule has 0 aliphatic heterocycles. The van der Waals surface area contributed by atoms with Gasteiger partial charge in [-0.2, -0.15) is 16.1 Å². The van der Waals surface area contributed by atoms with Gasteiger partial charge in [-0.1, -0.05) is 13.3 Å².